The molecule has 0 saturated heterocycles. The summed E-state index contributed by atoms with van der Waals surface area (Å²) in [5.41, 5.74) is 1.42. The number of carbonyl (C=O) groups is 1. The molecule has 0 aromatic carbocycles. The van der Waals surface area contributed by atoms with Gasteiger partial charge in [-0.3, -0.25) is 14.8 Å². The first kappa shape index (κ1) is 14.6. The molecule has 1 N–H and O–H groups in total. The van der Waals surface area contributed by atoms with E-state index in [9.17, 15) is 4.79 Å². The summed E-state index contributed by atoms with van der Waals surface area (Å²) in [5.74, 6) is -0.242. The predicted octanol–water partition coefficient (Wildman–Crippen LogP) is 2.96. The van der Waals surface area contributed by atoms with E-state index in [0.29, 0.717) is 16.9 Å². The Morgan fingerprint density at radius 3 is 2.60 bits per heavy atom. The van der Waals surface area contributed by atoms with Gasteiger partial charge in [-0.15, -0.1) is 10.2 Å². The lowest BCUT2D eigenvalue weighted by atomic mass is 10.2. The van der Waals surface area contributed by atoms with Crippen molar-refractivity contribution in [1.29, 1.82) is 0 Å². The Morgan fingerprint density at radius 2 is 2.05 bits per heavy atom. The van der Waals surface area contributed by atoms with E-state index in [4.69, 9.17) is 0 Å². The lowest BCUT2D eigenvalue weighted by Gasteiger charge is -2.14. The van der Waals surface area contributed by atoms with Crippen LogP contribution in [0.3, 0.4) is 0 Å². The molecule has 0 atom stereocenters. The first-order valence-electron chi connectivity index (χ1n) is 6.72. The molecular weight excluding hydrogens is 274 g/mol. The lowest BCUT2D eigenvalue weighted by Crippen LogP contribution is -2.15. The maximum absolute atomic E-state index is 12.1. The lowest BCUT2D eigenvalue weighted by molar-refractivity contribution is 0.102. The molecule has 2 aromatic heterocycles. The smallest absolute Gasteiger partial charge is 0.277 e. The van der Waals surface area contributed by atoms with Crippen molar-refractivity contribution in [3.63, 3.8) is 0 Å². The number of hydrogen-bond donors (Lipinski definition) is 1. The third-order valence-corrected chi connectivity index (χ3v) is 3.94. The van der Waals surface area contributed by atoms with Crippen molar-refractivity contribution in [2.75, 3.05) is 5.32 Å². The van der Waals surface area contributed by atoms with E-state index in [1.807, 2.05) is 24.6 Å². The predicted molar refractivity (Wildman–Crippen MR) is 79.2 cm³/mol. The van der Waals surface area contributed by atoms with Crippen LogP contribution in [0.25, 0.3) is 0 Å². The molecule has 108 valence electrons. The number of hydrogen-bond acceptors (Lipinski definition) is 5. The van der Waals surface area contributed by atoms with Crippen LogP contribution in [-0.4, -0.2) is 25.9 Å². The molecule has 0 radical (unpaired) electrons. The standard InChI is InChI=1S/C13H19N5OS/c1-5-10(6-2)18-8(3)7-11(17-18)12(19)14-13-16-15-9(4)20-13/h7,10H,5-6H2,1-4H3,(H,14,16,19). The molecule has 0 saturated carbocycles. The van der Waals surface area contributed by atoms with Crippen LogP contribution in [0.1, 0.15) is 53.9 Å². The molecule has 0 aliphatic heterocycles. The van der Waals surface area contributed by atoms with Gasteiger partial charge in [0.25, 0.3) is 5.91 Å². The van der Waals surface area contributed by atoms with Gasteiger partial charge in [-0.1, -0.05) is 25.2 Å². The molecule has 0 aliphatic carbocycles. The SMILES string of the molecule is CCC(CC)n1nc(C(=O)Nc2nnc(C)s2)cc1C. The van der Waals surface area contributed by atoms with Crippen LogP contribution in [0.4, 0.5) is 5.13 Å². The Kier molecular flexibility index (Phi) is 4.49. The van der Waals surface area contributed by atoms with Crippen LogP contribution in [0.2, 0.25) is 0 Å². The zero-order valence-corrected chi connectivity index (χ0v) is 13.0. The van der Waals surface area contributed by atoms with Crippen LogP contribution in [-0.2, 0) is 0 Å². The number of nitrogens with zero attached hydrogens (tertiary/aromatic N) is 4. The number of aryl methyl sites for hydroxylation is 2. The molecule has 0 spiro atoms. The van der Waals surface area contributed by atoms with Gasteiger partial charge >= 0.3 is 0 Å². The Hall–Kier alpha value is -1.76. The van der Waals surface area contributed by atoms with Crippen LogP contribution >= 0.6 is 11.3 Å². The molecule has 7 heteroatoms. The van der Waals surface area contributed by atoms with Crippen molar-refractivity contribution < 1.29 is 4.79 Å². The number of nitrogens with one attached hydrogen (secondary N) is 1. The van der Waals surface area contributed by atoms with Crippen molar-refractivity contribution in [2.45, 2.75) is 46.6 Å². The molecule has 2 heterocycles. The maximum Gasteiger partial charge on any atom is 0.277 e. The van der Waals surface area contributed by atoms with Crippen molar-refractivity contribution in [2.24, 2.45) is 0 Å². The molecule has 20 heavy (non-hydrogen) atoms. The Balaban J connectivity index is 2.16. The Bertz CT molecular complexity index is 600. The minimum atomic E-state index is -0.242. The Labute approximate surface area is 122 Å². The summed E-state index contributed by atoms with van der Waals surface area (Å²) in [6.07, 6.45) is 1.99. The summed E-state index contributed by atoms with van der Waals surface area (Å²) in [4.78, 5) is 12.1. The van der Waals surface area contributed by atoms with E-state index in [0.717, 1.165) is 23.5 Å². The summed E-state index contributed by atoms with van der Waals surface area (Å²) < 4.78 is 1.93. The number of amides is 1. The topological polar surface area (TPSA) is 72.7 Å². The van der Waals surface area contributed by atoms with Gasteiger partial charge < -0.3 is 0 Å². The molecule has 1 amide bonds. The van der Waals surface area contributed by atoms with Gasteiger partial charge in [0, 0.05) is 5.69 Å². The minimum Gasteiger partial charge on any atom is -0.295 e. The second kappa shape index (κ2) is 6.13. The van der Waals surface area contributed by atoms with Crippen LogP contribution in [0.15, 0.2) is 6.07 Å². The number of aromatic nitrogens is 4. The van der Waals surface area contributed by atoms with E-state index in [-0.39, 0.29) is 5.91 Å². The number of carbonyl (C=O) groups excluding carboxylic acids is 1. The van der Waals surface area contributed by atoms with Gasteiger partial charge in [0.1, 0.15) is 5.01 Å². The first-order valence-corrected chi connectivity index (χ1v) is 7.54. The van der Waals surface area contributed by atoms with Crippen LogP contribution < -0.4 is 5.32 Å². The molecule has 2 aromatic rings. The van der Waals surface area contributed by atoms with Gasteiger partial charge in [-0.25, -0.2) is 0 Å². The minimum absolute atomic E-state index is 0.242. The van der Waals surface area contributed by atoms with Gasteiger partial charge in [0.05, 0.1) is 6.04 Å². The molecule has 2 rings (SSSR count). The van der Waals surface area contributed by atoms with E-state index in [2.05, 4.69) is 34.5 Å². The van der Waals surface area contributed by atoms with E-state index in [1.54, 1.807) is 0 Å². The average Bonchev–Trinajstić information content (AvgIpc) is 2.98. The zero-order chi connectivity index (χ0) is 14.7. The highest BCUT2D eigenvalue weighted by Gasteiger charge is 2.17. The molecule has 0 unspecified atom stereocenters. The molecule has 0 fully saturated rings. The highest BCUT2D eigenvalue weighted by Crippen LogP contribution is 2.19. The second-order valence-electron chi connectivity index (χ2n) is 4.67. The largest absolute Gasteiger partial charge is 0.295 e. The van der Waals surface area contributed by atoms with Gasteiger partial charge in [0.2, 0.25) is 5.13 Å². The maximum atomic E-state index is 12.1. The number of anilines is 1. The quantitative estimate of drug-likeness (QED) is 0.920. The fourth-order valence-corrected chi connectivity index (χ4v) is 2.70. The van der Waals surface area contributed by atoms with Gasteiger partial charge in [0.15, 0.2) is 5.69 Å². The summed E-state index contributed by atoms with van der Waals surface area (Å²) in [6.45, 7) is 8.06. The van der Waals surface area contributed by atoms with Gasteiger partial charge in [-0.2, -0.15) is 5.10 Å². The summed E-state index contributed by atoms with van der Waals surface area (Å²) in [5, 5.41) is 16.2. The third-order valence-electron chi connectivity index (χ3n) is 3.19. The summed E-state index contributed by atoms with van der Waals surface area (Å²) in [6, 6.07) is 2.14. The number of rotatable bonds is 5. The van der Waals surface area contributed by atoms with E-state index < -0.39 is 0 Å². The highest BCUT2D eigenvalue weighted by molar-refractivity contribution is 7.15. The molecule has 0 bridgehead atoms. The molecule has 6 nitrogen and oxygen atoms in total. The van der Waals surface area contributed by atoms with Crippen molar-refractivity contribution in [3.05, 3.63) is 22.5 Å². The zero-order valence-electron chi connectivity index (χ0n) is 12.2. The molecular formula is C13H19N5OS. The van der Waals surface area contributed by atoms with Crippen molar-refractivity contribution in [3.8, 4) is 0 Å². The second-order valence-corrected chi connectivity index (χ2v) is 5.85. The fraction of sp³-hybridized carbons (Fsp3) is 0.538. The fourth-order valence-electron chi connectivity index (χ4n) is 2.11. The van der Waals surface area contributed by atoms with Crippen molar-refractivity contribution in [1.82, 2.24) is 20.0 Å². The van der Waals surface area contributed by atoms with Crippen LogP contribution in [0, 0.1) is 13.8 Å². The normalized spacial score (nSPS) is 11.1. The van der Waals surface area contributed by atoms with Crippen molar-refractivity contribution >= 4 is 22.4 Å². The Morgan fingerprint density at radius 1 is 1.35 bits per heavy atom. The third kappa shape index (κ3) is 3.04. The van der Waals surface area contributed by atoms with E-state index >= 15 is 0 Å². The van der Waals surface area contributed by atoms with Crippen LogP contribution in [0.5, 0.6) is 0 Å². The first-order chi connectivity index (χ1) is 9.55. The molecule has 0 aliphatic rings. The van der Waals surface area contributed by atoms with Gasteiger partial charge in [-0.05, 0) is 32.8 Å². The summed E-state index contributed by atoms with van der Waals surface area (Å²) in [7, 11) is 0. The monoisotopic (exact) mass is 293 g/mol. The highest BCUT2D eigenvalue weighted by atomic mass is 32.1. The summed E-state index contributed by atoms with van der Waals surface area (Å²) >= 11 is 1.35. The van der Waals surface area contributed by atoms with E-state index in [1.165, 1.54) is 11.3 Å². The average molecular weight is 293 g/mol.